The highest BCUT2D eigenvalue weighted by Crippen LogP contribution is 2.27. The van der Waals surface area contributed by atoms with Crippen molar-refractivity contribution in [1.29, 1.82) is 0 Å². The molecule has 0 aromatic heterocycles. The molecule has 34 heavy (non-hydrogen) atoms. The van der Waals surface area contributed by atoms with Crippen LogP contribution in [-0.2, 0) is 13.1 Å². The van der Waals surface area contributed by atoms with E-state index in [0.29, 0.717) is 30.6 Å². The number of carbonyl (C=O) groups excluding carboxylic acids is 2. The summed E-state index contributed by atoms with van der Waals surface area (Å²) >= 11 is 0. The summed E-state index contributed by atoms with van der Waals surface area (Å²) < 4.78 is 0. The van der Waals surface area contributed by atoms with Gasteiger partial charge in [0.15, 0.2) is 5.78 Å². The van der Waals surface area contributed by atoms with E-state index < -0.39 is 0 Å². The average Bonchev–Trinajstić information content (AvgIpc) is 3.16. The smallest absolute Gasteiger partial charge is 0.254 e. The van der Waals surface area contributed by atoms with Crippen molar-refractivity contribution >= 4 is 11.7 Å². The van der Waals surface area contributed by atoms with Gasteiger partial charge in [0.25, 0.3) is 5.91 Å². The maximum absolute atomic E-state index is 13.0. The monoisotopic (exact) mass is 460 g/mol. The van der Waals surface area contributed by atoms with E-state index in [2.05, 4.69) is 43.0 Å². The van der Waals surface area contributed by atoms with E-state index >= 15 is 0 Å². The normalized spacial score (nSPS) is 18.4. The van der Waals surface area contributed by atoms with Gasteiger partial charge in [-0.2, -0.15) is 0 Å². The number of benzene rings is 2. The lowest BCUT2D eigenvalue weighted by molar-refractivity contribution is 0.0766. The predicted molar refractivity (Wildman–Crippen MR) is 138 cm³/mol. The number of fused-ring (bicyclic) bond motifs is 1. The fourth-order valence-electron chi connectivity index (χ4n) is 5.44. The summed E-state index contributed by atoms with van der Waals surface area (Å²) in [5, 5.41) is 0. The Kier molecular flexibility index (Phi) is 8.55. The minimum absolute atomic E-state index is 0.0356. The Morgan fingerprint density at radius 2 is 1.85 bits per heavy atom. The van der Waals surface area contributed by atoms with E-state index in [1.807, 2.05) is 23.1 Å². The van der Waals surface area contributed by atoms with Crippen LogP contribution in [0.3, 0.4) is 0 Å². The van der Waals surface area contributed by atoms with E-state index in [4.69, 9.17) is 0 Å². The quantitative estimate of drug-likeness (QED) is 0.282. The van der Waals surface area contributed by atoms with Gasteiger partial charge in [0.1, 0.15) is 0 Å². The highest BCUT2D eigenvalue weighted by Gasteiger charge is 2.28. The first-order valence-electron chi connectivity index (χ1n) is 13.3. The van der Waals surface area contributed by atoms with Crippen LogP contribution in [0.1, 0.15) is 102 Å². The Morgan fingerprint density at radius 1 is 1.03 bits per heavy atom. The number of unbranched alkanes of at least 4 members (excludes halogenated alkanes) is 2. The van der Waals surface area contributed by atoms with Crippen molar-refractivity contribution in [1.82, 2.24) is 9.80 Å². The Hall–Kier alpha value is -2.46. The first-order chi connectivity index (χ1) is 16.5. The second-order valence-corrected chi connectivity index (χ2v) is 10.2. The van der Waals surface area contributed by atoms with Crippen molar-refractivity contribution in [2.24, 2.45) is 0 Å². The molecule has 4 nitrogen and oxygen atoms in total. The molecule has 1 saturated heterocycles. The van der Waals surface area contributed by atoms with Crippen LogP contribution in [0.5, 0.6) is 0 Å². The molecule has 1 amide bonds. The molecule has 1 unspecified atom stereocenters. The maximum Gasteiger partial charge on any atom is 0.254 e. The molecular weight excluding hydrogens is 420 g/mol. The van der Waals surface area contributed by atoms with E-state index in [1.165, 1.54) is 50.6 Å². The number of Topliss-reactive ketones (excluding diaryl/α,β-unsaturated/α-hetero) is 1. The average molecular weight is 461 g/mol. The van der Waals surface area contributed by atoms with Crippen LogP contribution in [0.25, 0.3) is 0 Å². The third-order valence-electron chi connectivity index (χ3n) is 7.54. The molecule has 1 atom stereocenters. The van der Waals surface area contributed by atoms with Crippen LogP contribution < -0.4 is 0 Å². The van der Waals surface area contributed by atoms with Crippen molar-refractivity contribution in [3.8, 4) is 0 Å². The van der Waals surface area contributed by atoms with Crippen LogP contribution in [0.2, 0.25) is 0 Å². The van der Waals surface area contributed by atoms with Crippen LogP contribution in [0, 0.1) is 6.92 Å². The van der Waals surface area contributed by atoms with Gasteiger partial charge in [0.05, 0.1) is 0 Å². The summed E-state index contributed by atoms with van der Waals surface area (Å²) in [6, 6.07) is 14.8. The van der Waals surface area contributed by atoms with Gasteiger partial charge in [0, 0.05) is 36.7 Å². The number of aryl methyl sites for hydroxylation is 1. The van der Waals surface area contributed by atoms with Gasteiger partial charge in [-0.05, 0) is 69.3 Å². The molecule has 2 aromatic carbocycles. The molecule has 0 bridgehead atoms. The largest absolute Gasteiger partial charge is 0.330 e. The number of rotatable bonds is 11. The Bertz CT molecular complexity index is 982. The standard InChI is InChI=1S/C30H40N2O2/c1-3-4-9-27-10-5-7-18-31(27)19-8-6-11-29(33)25-16-17-26-22-32(30(34)28(26)20-25)21-24-14-12-23(2)13-15-24/h12-17,20,27H,3-11,18-19,21-22H2,1-2H3. The van der Waals surface area contributed by atoms with Crippen molar-refractivity contribution in [3.63, 3.8) is 0 Å². The lowest BCUT2D eigenvalue weighted by Gasteiger charge is -2.36. The highest BCUT2D eigenvalue weighted by molar-refractivity contribution is 6.02. The number of amides is 1. The highest BCUT2D eigenvalue weighted by atomic mass is 16.2. The molecule has 2 heterocycles. The molecule has 4 rings (SSSR count). The second-order valence-electron chi connectivity index (χ2n) is 10.2. The Morgan fingerprint density at radius 3 is 2.65 bits per heavy atom. The summed E-state index contributed by atoms with van der Waals surface area (Å²) in [7, 11) is 0. The first-order valence-corrected chi connectivity index (χ1v) is 13.3. The molecule has 2 aliphatic rings. The van der Waals surface area contributed by atoms with Crippen LogP contribution in [0.4, 0.5) is 0 Å². The Labute approximate surface area is 205 Å². The minimum atomic E-state index is 0.0356. The second kappa shape index (κ2) is 11.8. The summed E-state index contributed by atoms with van der Waals surface area (Å²) in [6.45, 7) is 7.88. The molecule has 0 N–H and O–H groups in total. The van der Waals surface area contributed by atoms with Crippen LogP contribution in [-0.4, -0.2) is 40.6 Å². The van der Waals surface area contributed by atoms with E-state index in [1.54, 1.807) is 0 Å². The molecule has 0 spiro atoms. The van der Waals surface area contributed by atoms with Gasteiger partial charge in [-0.1, -0.05) is 68.1 Å². The Balaban J connectivity index is 1.27. The number of hydrogen-bond acceptors (Lipinski definition) is 3. The fourth-order valence-corrected chi connectivity index (χ4v) is 5.44. The molecule has 4 heteroatoms. The number of hydrogen-bond donors (Lipinski definition) is 0. The number of nitrogens with zero attached hydrogens (tertiary/aromatic N) is 2. The third kappa shape index (κ3) is 6.15. The molecule has 2 aromatic rings. The van der Waals surface area contributed by atoms with Gasteiger partial charge in [-0.15, -0.1) is 0 Å². The van der Waals surface area contributed by atoms with Gasteiger partial charge < -0.3 is 9.80 Å². The molecule has 1 fully saturated rings. The van der Waals surface area contributed by atoms with E-state index in [0.717, 1.165) is 36.6 Å². The maximum atomic E-state index is 13.0. The zero-order valence-electron chi connectivity index (χ0n) is 21.0. The zero-order valence-corrected chi connectivity index (χ0v) is 21.0. The van der Waals surface area contributed by atoms with Crippen molar-refractivity contribution in [3.05, 3.63) is 70.3 Å². The minimum Gasteiger partial charge on any atom is -0.330 e. The topological polar surface area (TPSA) is 40.6 Å². The summed E-state index contributed by atoms with van der Waals surface area (Å²) in [4.78, 5) is 30.4. The molecule has 2 aliphatic heterocycles. The van der Waals surface area contributed by atoms with Crippen LogP contribution in [0.15, 0.2) is 42.5 Å². The summed E-state index contributed by atoms with van der Waals surface area (Å²) in [5.74, 6) is 0.196. The molecule has 0 radical (unpaired) electrons. The van der Waals surface area contributed by atoms with E-state index in [9.17, 15) is 9.59 Å². The third-order valence-corrected chi connectivity index (χ3v) is 7.54. The van der Waals surface area contributed by atoms with Gasteiger partial charge in [0.2, 0.25) is 0 Å². The van der Waals surface area contributed by atoms with Crippen LogP contribution >= 0.6 is 0 Å². The predicted octanol–water partition coefficient (Wildman–Crippen LogP) is 6.55. The molecule has 0 aliphatic carbocycles. The first kappa shape index (κ1) is 24.7. The van der Waals surface area contributed by atoms with Crippen molar-refractivity contribution in [2.75, 3.05) is 13.1 Å². The van der Waals surface area contributed by atoms with Gasteiger partial charge in [-0.3, -0.25) is 9.59 Å². The van der Waals surface area contributed by atoms with Gasteiger partial charge in [-0.25, -0.2) is 0 Å². The molecular formula is C30H40N2O2. The summed E-state index contributed by atoms with van der Waals surface area (Å²) in [5.41, 5.74) is 4.76. The number of carbonyl (C=O) groups is 2. The fraction of sp³-hybridized carbons (Fsp3) is 0.533. The lowest BCUT2D eigenvalue weighted by atomic mass is 9.96. The number of piperidine rings is 1. The SMILES string of the molecule is CCCCC1CCCCN1CCCCC(=O)c1ccc2c(c1)C(=O)N(Cc1ccc(C)cc1)C2. The van der Waals surface area contributed by atoms with Crippen molar-refractivity contribution < 1.29 is 9.59 Å². The van der Waals surface area contributed by atoms with Crippen molar-refractivity contribution in [2.45, 2.75) is 90.8 Å². The van der Waals surface area contributed by atoms with E-state index in [-0.39, 0.29) is 11.7 Å². The number of likely N-dealkylation sites (tertiary alicyclic amines) is 1. The molecule has 182 valence electrons. The lowest BCUT2D eigenvalue weighted by Crippen LogP contribution is -2.40. The summed E-state index contributed by atoms with van der Waals surface area (Å²) in [6.07, 6.45) is 10.5. The molecule has 0 saturated carbocycles. The zero-order chi connectivity index (χ0) is 23.9. The van der Waals surface area contributed by atoms with Gasteiger partial charge >= 0.3 is 0 Å². The number of ketones is 1.